The van der Waals surface area contributed by atoms with Crippen LogP contribution < -0.4 is 10.5 Å². The van der Waals surface area contributed by atoms with Crippen molar-refractivity contribution in [3.05, 3.63) is 33.9 Å². The number of nitro groups is 1. The van der Waals surface area contributed by atoms with E-state index in [9.17, 15) is 18.9 Å². The molecule has 23 heavy (non-hydrogen) atoms. The highest BCUT2D eigenvalue weighted by Gasteiger charge is 2.23. The van der Waals surface area contributed by atoms with Crippen molar-refractivity contribution in [2.24, 2.45) is 0 Å². The monoisotopic (exact) mass is 327 g/mol. The Morgan fingerprint density at radius 3 is 2.74 bits per heavy atom. The van der Waals surface area contributed by atoms with Crippen LogP contribution in [0.25, 0.3) is 5.57 Å². The molecule has 8 heteroatoms. The molecule has 0 saturated heterocycles. The third kappa shape index (κ3) is 3.95. The van der Waals surface area contributed by atoms with E-state index in [1.54, 1.807) is 0 Å². The van der Waals surface area contributed by atoms with Gasteiger partial charge in [0, 0.05) is 24.7 Å². The average molecular weight is 327 g/mol. The number of nitrogens with zero attached hydrogens (tertiary/aromatic N) is 2. The summed E-state index contributed by atoms with van der Waals surface area (Å²) in [6, 6.07) is 2.80. The lowest BCUT2D eigenvalue weighted by Crippen LogP contribution is -2.28. The molecule has 1 aromatic carbocycles. The maximum absolute atomic E-state index is 12.5. The van der Waals surface area contributed by atoms with Gasteiger partial charge in [-0.3, -0.25) is 15.0 Å². The lowest BCUT2D eigenvalue weighted by atomic mass is 9.97. The molecule has 0 aromatic heterocycles. The van der Waals surface area contributed by atoms with Crippen LogP contribution >= 0.6 is 0 Å². The minimum atomic E-state index is -2.68. The SMILES string of the molecule is CCN1CC=C(c2ccc([N+](=O)[O-])c(N)c2OCC(F)F)CC1. The Labute approximate surface area is 132 Å². The number of anilines is 1. The summed E-state index contributed by atoms with van der Waals surface area (Å²) in [5.74, 6) is -0.0318. The van der Waals surface area contributed by atoms with Gasteiger partial charge in [0.2, 0.25) is 0 Å². The van der Waals surface area contributed by atoms with Crippen LogP contribution in [0.2, 0.25) is 0 Å². The van der Waals surface area contributed by atoms with Gasteiger partial charge in [-0.05, 0) is 24.6 Å². The minimum Gasteiger partial charge on any atom is -0.485 e. The molecule has 0 aliphatic carbocycles. The van der Waals surface area contributed by atoms with Gasteiger partial charge >= 0.3 is 0 Å². The maximum Gasteiger partial charge on any atom is 0.295 e. The summed E-state index contributed by atoms with van der Waals surface area (Å²) in [4.78, 5) is 12.6. The molecule has 1 aliphatic heterocycles. The Balaban J connectivity index is 2.40. The summed E-state index contributed by atoms with van der Waals surface area (Å²) >= 11 is 0. The van der Waals surface area contributed by atoms with Crippen molar-refractivity contribution in [1.29, 1.82) is 0 Å². The van der Waals surface area contributed by atoms with Gasteiger partial charge in [-0.2, -0.15) is 0 Å². The third-order valence-corrected chi connectivity index (χ3v) is 3.81. The topological polar surface area (TPSA) is 81.6 Å². The molecule has 6 nitrogen and oxygen atoms in total. The number of nitro benzene ring substituents is 1. The smallest absolute Gasteiger partial charge is 0.295 e. The largest absolute Gasteiger partial charge is 0.485 e. The number of hydrogen-bond donors (Lipinski definition) is 1. The Bertz CT molecular complexity index is 620. The molecule has 0 saturated carbocycles. The number of likely N-dealkylation sites (N-methyl/N-ethyl adjacent to an activating group) is 1. The van der Waals surface area contributed by atoms with Gasteiger partial charge in [0.1, 0.15) is 6.61 Å². The molecule has 2 rings (SSSR count). The standard InChI is InChI=1S/C15H19F2N3O3/c1-2-19-7-5-10(6-8-19)11-3-4-12(20(21)22)14(18)15(11)23-9-13(16)17/h3-5,13H,2,6-9,18H2,1H3. The average Bonchev–Trinajstić information content (AvgIpc) is 2.53. The Morgan fingerprint density at radius 1 is 1.48 bits per heavy atom. The summed E-state index contributed by atoms with van der Waals surface area (Å²) in [7, 11) is 0. The van der Waals surface area contributed by atoms with E-state index in [1.165, 1.54) is 12.1 Å². The molecule has 126 valence electrons. The van der Waals surface area contributed by atoms with Crippen molar-refractivity contribution in [2.75, 3.05) is 32.0 Å². The fraction of sp³-hybridized carbons (Fsp3) is 0.467. The number of hydrogen-bond acceptors (Lipinski definition) is 5. The Morgan fingerprint density at radius 2 is 2.22 bits per heavy atom. The number of benzene rings is 1. The van der Waals surface area contributed by atoms with Crippen molar-refractivity contribution >= 4 is 16.9 Å². The van der Waals surface area contributed by atoms with Crippen LogP contribution in [-0.2, 0) is 0 Å². The van der Waals surface area contributed by atoms with Gasteiger partial charge in [-0.15, -0.1) is 0 Å². The summed E-state index contributed by atoms with van der Waals surface area (Å²) in [6.45, 7) is 3.68. The van der Waals surface area contributed by atoms with Crippen molar-refractivity contribution in [3.8, 4) is 5.75 Å². The van der Waals surface area contributed by atoms with Crippen LogP contribution in [0.4, 0.5) is 20.2 Å². The number of ether oxygens (including phenoxy) is 1. The summed E-state index contributed by atoms with van der Waals surface area (Å²) < 4.78 is 30.0. The van der Waals surface area contributed by atoms with Crippen molar-refractivity contribution in [2.45, 2.75) is 19.8 Å². The molecule has 1 aliphatic rings. The fourth-order valence-electron chi connectivity index (χ4n) is 2.55. The zero-order chi connectivity index (χ0) is 17.0. The Kier molecular flexibility index (Phi) is 5.49. The van der Waals surface area contributed by atoms with E-state index in [-0.39, 0.29) is 17.1 Å². The van der Waals surface area contributed by atoms with Crippen LogP contribution in [0.3, 0.4) is 0 Å². The van der Waals surface area contributed by atoms with Gasteiger partial charge in [0.05, 0.1) is 4.92 Å². The van der Waals surface area contributed by atoms with Crippen LogP contribution in [0, 0.1) is 10.1 Å². The molecule has 0 fully saturated rings. The number of nitrogens with two attached hydrogens (primary N) is 1. The highest BCUT2D eigenvalue weighted by atomic mass is 19.3. The van der Waals surface area contributed by atoms with Crippen molar-refractivity contribution < 1.29 is 18.4 Å². The molecular weight excluding hydrogens is 308 g/mol. The van der Waals surface area contributed by atoms with Gasteiger partial charge in [-0.1, -0.05) is 13.0 Å². The lowest BCUT2D eigenvalue weighted by Gasteiger charge is -2.26. The second kappa shape index (κ2) is 7.36. The molecule has 1 aromatic rings. The van der Waals surface area contributed by atoms with E-state index in [1.807, 2.05) is 6.08 Å². The number of halogens is 2. The van der Waals surface area contributed by atoms with E-state index in [0.29, 0.717) is 12.0 Å². The zero-order valence-electron chi connectivity index (χ0n) is 12.8. The van der Waals surface area contributed by atoms with Gasteiger partial charge in [-0.25, -0.2) is 8.78 Å². The maximum atomic E-state index is 12.5. The molecule has 0 amide bonds. The molecule has 0 spiro atoms. The molecule has 0 unspecified atom stereocenters. The fourth-order valence-corrected chi connectivity index (χ4v) is 2.55. The quantitative estimate of drug-likeness (QED) is 0.493. The molecule has 0 radical (unpaired) electrons. The first kappa shape index (κ1) is 17.1. The third-order valence-electron chi connectivity index (χ3n) is 3.81. The minimum absolute atomic E-state index is 0.0318. The predicted octanol–water partition coefficient (Wildman–Crippen LogP) is 2.93. The van der Waals surface area contributed by atoms with E-state index in [4.69, 9.17) is 10.5 Å². The van der Waals surface area contributed by atoms with Crippen LogP contribution in [0.5, 0.6) is 5.75 Å². The lowest BCUT2D eigenvalue weighted by molar-refractivity contribution is -0.384. The Hall–Kier alpha value is -2.22. The van der Waals surface area contributed by atoms with Gasteiger partial charge in [0.15, 0.2) is 11.4 Å². The molecule has 2 N–H and O–H groups in total. The van der Waals surface area contributed by atoms with Crippen molar-refractivity contribution in [1.82, 2.24) is 4.90 Å². The first-order chi connectivity index (χ1) is 10.9. The van der Waals surface area contributed by atoms with Crippen LogP contribution in [-0.4, -0.2) is 42.5 Å². The highest BCUT2D eigenvalue weighted by molar-refractivity contribution is 5.81. The molecule has 1 heterocycles. The molecule has 0 atom stereocenters. The highest BCUT2D eigenvalue weighted by Crippen LogP contribution is 2.40. The van der Waals surface area contributed by atoms with Gasteiger partial charge < -0.3 is 10.5 Å². The van der Waals surface area contributed by atoms with Crippen LogP contribution in [0.15, 0.2) is 18.2 Å². The van der Waals surface area contributed by atoms with E-state index in [2.05, 4.69) is 11.8 Å². The second-order valence-electron chi connectivity index (χ2n) is 5.21. The van der Waals surface area contributed by atoms with Crippen molar-refractivity contribution in [3.63, 3.8) is 0 Å². The normalized spacial score (nSPS) is 15.6. The molecular formula is C15H19F2N3O3. The van der Waals surface area contributed by atoms with E-state index >= 15 is 0 Å². The van der Waals surface area contributed by atoms with E-state index in [0.717, 1.165) is 25.2 Å². The first-order valence-electron chi connectivity index (χ1n) is 7.33. The van der Waals surface area contributed by atoms with Gasteiger partial charge in [0.25, 0.3) is 12.1 Å². The predicted molar refractivity (Wildman–Crippen MR) is 83.7 cm³/mol. The van der Waals surface area contributed by atoms with Crippen LogP contribution in [0.1, 0.15) is 18.9 Å². The molecule has 0 bridgehead atoms. The number of rotatable bonds is 6. The van der Waals surface area contributed by atoms with E-state index < -0.39 is 18.0 Å². The summed E-state index contributed by atoms with van der Waals surface area (Å²) in [5, 5.41) is 11.0. The first-order valence-corrected chi connectivity index (χ1v) is 7.33. The second-order valence-corrected chi connectivity index (χ2v) is 5.21. The number of alkyl halides is 2. The summed E-state index contributed by atoms with van der Waals surface area (Å²) in [6.07, 6.45) is -0.00340. The summed E-state index contributed by atoms with van der Waals surface area (Å²) in [5.41, 5.74) is 6.67. The zero-order valence-corrected chi connectivity index (χ0v) is 12.8. The number of nitrogen functional groups attached to an aromatic ring is 1.